The van der Waals surface area contributed by atoms with E-state index in [1.165, 1.54) is 5.56 Å². The lowest BCUT2D eigenvalue weighted by atomic mass is 10.0. The van der Waals surface area contributed by atoms with E-state index in [1.807, 2.05) is 48.7 Å². The molecule has 1 unspecified atom stereocenters. The second kappa shape index (κ2) is 13.3. The van der Waals surface area contributed by atoms with Crippen LogP contribution in [0.1, 0.15) is 56.6 Å². The number of ketones is 1. The number of Topliss-reactive ketones (excluding diaryl/α,β-unsaturated/α-hetero) is 1. The highest BCUT2D eigenvalue weighted by atomic mass is 16.5. The van der Waals surface area contributed by atoms with E-state index in [1.54, 1.807) is 6.92 Å². The third-order valence-corrected chi connectivity index (χ3v) is 5.90. The standard InChI is InChI=1S/C28H34N2O4/c1-2-34-28(33)26(19-22-20-29-25-16-10-9-15-24(22)25)30-27(32)18-17-23(31)14-8-4-7-13-21-11-5-3-6-12-21/h3,5-6,9-12,15-16,20,26,29H,2,4,7-8,13-14,17-19H2,1H3,(H,30,32). The summed E-state index contributed by atoms with van der Waals surface area (Å²) in [4.78, 5) is 40.4. The number of nitrogens with one attached hydrogen (secondary N) is 2. The molecule has 1 aromatic heterocycles. The monoisotopic (exact) mass is 462 g/mol. The molecule has 0 radical (unpaired) electrons. The Labute approximate surface area is 201 Å². The molecular formula is C28H34N2O4. The molecule has 2 aromatic carbocycles. The van der Waals surface area contributed by atoms with Gasteiger partial charge in [-0.2, -0.15) is 0 Å². The second-order valence-corrected chi connectivity index (χ2v) is 8.52. The zero-order valence-electron chi connectivity index (χ0n) is 19.8. The van der Waals surface area contributed by atoms with E-state index in [2.05, 4.69) is 22.4 Å². The molecule has 6 nitrogen and oxygen atoms in total. The molecule has 0 fully saturated rings. The highest BCUT2D eigenvalue weighted by Crippen LogP contribution is 2.19. The average Bonchev–Trinajstić information content (AvgIpc) is 3.26. The van der Waals surface area contributed by atoms with Crippen LogP contribution in [0.3, 0.4) is 0 Å². The van der Waals surface area contributed by atoms with Crippen LogP contribution in [-0.4, -0.2) is 35.3 Å². The molecule has 0 aliphatic rings. The number of unbranched alkanes of at least 4 members (excludes halogenated alkanes) is 2. The Morgan fingerprint density at radius 1 is 0.912 bits per heavy atom. The van der Waals surface area contributed by atoms with Gasteiger partial charge in [0.25, 0.3) is 0 Å². The molecular weight excluding hydrogens is 428 g/mol. The maximum atomic E-state index is 12.5. The maximum absolute atomic E-state index is 12.5. The molecule has 1 heterocycles. The van der Waals surface area contributed by atoms with E-state index in [4.69, 9.17) is 4.74 Å². The minimum atomic E-state index is -0.792. The number of carbonyl (C=O) groups is 3. The maximum Gasteiger partial charge on any atom is 0.328 e. The van der Waals surface area contributed by atoms with E-state index < -0.39 is 12.0 Å². The number of rotatable bonds is 14. The minimum absolute atomic E-state index is 0.0760. The summed E-state index contributed by atoms with van der Waals surface area (Å²) in [5.74, 6) is -0.694. The van der Waals surface area contributed by atoms with Gasteiger partial charge in [-0.05, 0) is 43.4 Å². The number of aromatic nitrogens is 1. The van der Waals surface area contributed by atoms with Crippen LogP contribution in [0.15, 0.2) is 60.8 Å². The zero-order valence-corrected chi connectivity index (χ0v) is 19.8. The normalized spacial score (nSPS) is 11.8. The molecule has 180 valence electrons. The molecule has 1 atom stereocenters. The van der Waals surface area contributed by atoms with Crippen molar-refractivity contribution in [1.82, 2.24) is 10.3 Å². The molecule has 0 saturated carbocycles. The number of carbonyl (C=O) groups excluding carboxylic acids is 3. The van der Waals surface area contributed by atoms with E-state index in [0.29, 0.717) is 12.8 Å². The minimum Gasteiger partial charge on any atom is -0.464 e. The summed E-state index contributed by atoms with van der Waals surface area (Å²) in [6, 6.07) is 17.3. The Bertz CT molecular complexity index is 1070. The van der Waals surface area contributed by atoms with Crippen LogP contribution in [-0.2, 0) is 32.0 Å². The van der Waals surface area contributed by atoms with Gasteiger partial charge in [-0.25, -0.2) is 4.79 Å². The third-order valence-electron chi connectivity index (χ3n) is 5.90. The number of ether oxygens (including phenoxy) is 1. The van der Waals surface area contributed by atoms with Crippen molar-refractivity contribution >= 4 is 28.6 Å². The molecule has 3 aromatic rings. The zero-order chi connectivity index (χ0) is 24.2. The number of para-hydroxylation sites is 1. The lowest BCUT2D eigenvalue weighted by molar-refractivity contribution is -0.147. The van der Waals surface area contributed by atoms with E-state index in [-0.39, 0.29) is 31.1 Å². The van der Waals surface area contributed by atoms with E-state index in [0.717, 1.165) is 42.1 Å². The number of aryl methyl sites for hydroxylation is 1. The number of hydrogen-bond donors (Lipinski definition) is 2. The highest BCUT2D eigenvalue weighted by Gasteiger charge is 2.24. The molecule has 0 spiro atoms. The number of H-pyrrole nitrogens is 1. The molecule has 0 aliphatic heterocycles. The topological polar surface area (TPSA) is 88.3 Å². The van der Waals surface area contributed by atoms with Gasteiger partial charge in [0.1, 0.15) is 11.8 Å². The van der Waals surface area contributed by atoms with Crippen molar-refractivity contribution in [2.75, 3.05) is 6.61 Å². The summed E-state index contributed by atoms with van der Waals surface area (Å²) >= 11 is 0. The number of hydrogen-bond acceptors (Lipinski definition) is 4. The van der Waals surface area contributed by atoms with Gasteiger partial charge in [-0.1, -0.05) is 55.0 Å². The average molecular weight is 463 g/mol. The van der Waals surface area contributed by atoms with Gasteiger partial charge in [0, 0.05) is 42.8 Å². The molecule has 2 N–H and O–H groups in total. The Kier molecular flexibility index (Phi) is 9.89. The first-order chi connectivity index (χ1) is 16.6. The Morgan fingerprint density at radius 3 is 2.47 bits per heavy atom. The SMILES string of the molecule is CCOC(=O)C(Cc1c[nH]c2ccccc12)NC(=O)CCC(=O)CCCCCc1ccccc1. The number of esters is 1. The Hall–Kier alpha value is -3.41. The largest absolute Gasteiger partial charge is 0.464 e. The first kappa shape index (κ1) is 25.2. The summed E-state index contributed by atoms with van der Waals surface area (Å²) in [7, 11) is 0. The molecule has 34 heavy (non-hydrogen) atoms. The van der Waals surface area contributed by atoms with Gasteiger partial charge in [0.2, 0.25) is 5.91 Å². The number of aromatic amines is 1. The van der Waals surface area contributed by atoms with Crippen LogP contribution >= 0.6 is 0 Å². The van der Waals surface area contributed by atoms with Crippen molar-refractivity contribution in [2.45, 2.75) is 64.3 Å². The van der Waals surface area contributed by atoms with Crippen molar-refractivity contribution in [3.05, 3.63) is 71.9 Å². The smallest absolute Gasteiger partial charge is 0.328 e. The van der Waals surface area contributed by atoms with Crippen molar-refractivity contribution < 1.29 is 19.1 Å². The van der Waals surface area contributed by atoms with E-state index in [9.17, 15) is 14.4 Å². The van der Waals surface area contributed by atoms with Crippen molar-refractivity contribution in [3.63, 3.8) is 0 Å². The lowest BCUT2D eigenvalue weighted by Crippen LogP contribution is -2.43. The second-order valence-electron chi connectivity index (χ2n) is 8.52. The van der Waals surface area contributed by atoms with Crippen molar-refractivity contribution in [3.8, 4) is 0 Å². The molecule has 6 heteroatoms. The van der Waals surface area contributed by atoms with Gasteiger partial charge in [0.05, 0.1) is 6.61 Å². The molecule has 0 saturated heterocycles. The summed E-state index contributed by atoms with van der Waals surface area (Å²) in [6.45, 7) is 1.98. The van der Waals surface area contributed by atoms with Crippen molar-refractivity contribution in [1.29, 1.82) is 0 Å². The molecule has 1 amide bonds. The predicted molar refractivity (Wildman–Crippen MR) is 133 cm³/mol. The highest BCUT2D eigenvalue weighted by molar-refractivity contribution is 5.89. The number of benzene rings is 2. The fraction of sp³-hybridized carbons (Fsp3) is 0.393. The summed E-state index contributed by atoms with van der Waals surface area (Å²) in [6.07, 6.45) is 6.81. The summed E-state index contributed by atoms with van der Waals surface area (Å²) < 4.78 is 5.17. The first-order valence-corrected chi connectivity index (χ1v) is 12.1. The van der Waals surface area contributed by atoms with Gasteiger partial charge in [0.15, 0.2) is 0 Å². The van der Waals surface area contributed by atoms with Crippen LogP contribution < -0.4 is 5.32 Å². The predicted octanol–water partition coefficient (Wildman–Crippen LogP) is 4.91. The van der Waals surface area contributed by atoms with Gasteiger partial charge >= 0.3 is 5.97 Å². The van der Waals surface area contributed by atoms with Crippen LogP contribution in [0.2, 0.25) is 0 Å². The van der Waals surface area contributed by atoms with Crippen LogP contribution in [0.5, 0.6) is 0 Å². The summed E-state index contributed by atoms with van der Waals surface area (Å²) in [5, 5.41) is 3.78. The molecule has 0 aliphatic carbocycles. The summed E-state index contributed by atoms with van der Waals surface area (Å²) in [5.41, 5.74) is 3.22. The van der Waals surface area contributed by atoms with Crippen LogP contribution in [0.25, 0.3) is 10.9 Å². The van der Waals surface area contributed by atoms with Gasteiger partial charge in [-0.15, -0.1) is 0 Å². The molecule has 0 bridgehead atoms. The number of amides is 1. The fourth-order valence-corrected chi connectivity index (χ4v) is 4.07. The molecule has 3 rings (SSSR count). The quantitative estimate of drug-likeness (QED) is 0.263. The first-order valence-electron chi connectivity index (χ1n) is 12.1. The third kappa shape index (κ3) is 7.87. The fourth-order valence-electron chi connectivity index (χ4n) is 4.07. The number of fused-ring (bicyclic) bond motifs is 1. The lowest BCUT2D eigenvalue weighted by Gasteiger charge is -2.17. The van der Waals surface area contributed by atoms with Crippen LogP contribution in [0.4, 0.5) is 0 Å². The Morgan fingerprint density at radius 2 is 1.68 bits per heavy atom. The van der Waals surface area contributed by atoms with E-state index >= 15 is 0 Å². The van der Waals surface area contributed by atoms with Gasteiger partial charge in [-0.3, -0.25) is 9.59 Å². The van der Waals surface area contributed by atoms with Gasteiger partial charge < -0.3 is 15.0 Å². The Balaban J connectivity index is 1.41. The van der Waals surface area contributed by atoms with Crippen LogP contribution in [0, 0.1) is 0 Å². The van der Waals surface area contributed by atoms with Crippen molar-refractivity contribution in [2.24, 2.45) is 0 Å².